The molecule has 0 aliphatic heterocycles. The lowest BCUT2D eigenvalue weighted by Crippen LogP contribution is -2.44. The zero-order chi connectivity index (χ0) is 25.9. The molecule has 2 atom stereocenters. The first-order chi connectivity index (χ1) is 17.2. The van der Waals surface area contributed by atoms with Gasteiger partial charge in [-0.25, -0.2) is 4.39 Å². The second kappa shape index (κ2) is 10.2. The minimum absolute atomic E-state index is 0.589. The van der Waals surface area contributed by atoms with E-state index in [1.54, 1.807) is 13.0 Å². The summed E-state index contributed by atoms with van der Waals surface area (Å²) in [6.07, 6.45) is 11.0. The smallest absolute Gasteiger partial charge is 0.163 e. The minimum atomic E-state index is -1.99. The molecule has 1 aromatic heterocycles. The normalized spacial score (nSPS) is 18.7. The van der Waals surface area contributed by atoms with Gasteiger partial charge in [0.15, 0.2) is 11.3 Å². The van der Waals surface area contributed by atoms with Gasteiger partial charge < -0.3 is 10.5 Å². The van der Waals surface area contributed by atoms with Crippen LogP contribution in [-0.4, -0.2) is 33.8 Å². The molecule has 2 N–H and O–H groups in total. The van der Waals surface area contributed by atoms with Crippen molar-refractivity contribution in [1.29, 1.82) is 0 Å². The third kappa shape index (κ3) is 4.53. The number of allylic oxidation sites excluding steroid dienone is 2. The lowest BCUT2D eigenvalue weighted by atomic mass is 9.77. The molecule has 0 amide bonds. The van der Waals surface area contributed by atoms with Crippen LogP contribution in [0.4, 0.5) is 4.39 Å². The Morgan fingerprint density at radius 1 is 1.28 bits per heavy atom. The second-order valence-electron chi connectivity index (χ2n) is 9.73. The van der Waals surface area contributed by atoms with E-state index in [0.29, 0.717) is 17.7 Å². The number of nitrogens with zero attached hydrogens (tertiary/aromatic N) is 3. The second-order valence-corrected chi connectivity index (χ2v) is 9.73. The molecule has 2 unspecified atom stereocenters. The van der Waals surface area contributed by atoms with E-state index < -0.39 is 11.3 Å². The van der Waals surface area contributed by atoms with Crippen LogP contribution >= 0.6 is 0 Å². The van der Waals surface area contributed by atoms with E-state index in [0.717, 1.165) is 47.2 Å². The van der Waals surface area contributed by atoms with Crippen LogP contribution in [0.25, 0.3) is 22.3 Å². The average molecular weight is 487 g/mol. The third-order valence-corrected chi connectivity index (χ3v) is 7.00. The Hall–Kier alpha value is -3.51. The number of halogens is 1. The van der Waals surface area contributed by atoms with E-state index in [2.05, 4.69) is 41.4 Å². The van der Waals surface area contributed by atoms with Crippen molar-refractivity contribution in [2.24, 2.45) is 5.10 Å². The van der Waals surface area contributed by atoms with Gasteiger partial charge in [-0.15, -0.1) is 0 Å². The Morgan fingerprint density at radius 3 is 2.81 bits per heavy atom. The molecule has 1 aliphatic carbocycles. The van der Waals surface area contributed by atoms with Crippen LogP contribution in [0.2, 0.25) is 0 Å². The topological polar surface area (TPSA) is 62.4 Å². The summed E-state index contributed by atoms with van der Waals surface area (Å²) < 4.78 is 18.1. The molecule has 6 heteroatoms. The summed E-state index contributed by atoms with van der Waals surface area (Å²) in [6.45, 7) is 12.2. The van der Waals surface area contributed by atoms with Gasteiger partial charge in [0.2, 0.25) is 0 Å². The molecule has 0 spiro atoms. The number of hydrogen-bond donors (Lipinski definition) is 2. The molecular weight excluding hydrogens is 451 g/mol. The number of aromatic nitrogens is 2. The summed E-state index contributed by atoms with van der Waals surface area (Å²) in [6, 6.07) is 11.6. The maximum absolute atomic E-state index is 16.1. The minimum Gasteiger partial charge on any atom is -0.377 e. The summed E-state index contributed by atoms with van der Waals surface area (Å²) in [5, 5.41) is 20.3. The van der Waals surface area contributed by atoms with E-state index >= 15 is 4.39 Å². The number of rotatable bonds is 10. The highest BCUT2D eigenvalue weighted by molar-refractivity contribution is 5.93. The van der Waals surface area contributed by atoms with Crippen molar-refractivity contribution in [3.05, 3.63) is 89.3 Å². The molecule has 5 nitrogen and oxygen atoms in total. The fraction of sp³-hybridized carbons (Fsp3) is 0.333. The SMILES string of the molecule is C=NNC/C=C(\C)CCCn1cc(-c2cc(C)cc3c2-c2ccccc2C3(O)C(C)(F)/C=C/C)cn1. The molecule has 0 saturated heterocycles. The molecular formula is C30H35FN4O. The van der Waals surface area contributed by atoms with Gasteiger partial charge in [-0.05, 0) is 68.9 Å². The molecule has 4 rings (SSSR count). The van der Waals surface area contributed by atoms with Gasteiger partial charge in [-0.1, -0.05) is 59.7 Å². The monoisotopic (exact) mass is 486 g/mol. The summed E-state index contributed by atoms with van der Waals surface area (Å²) in [5.41, 5.74) is 6.13. The van der Waals surface area contributed by atoms with Crippen LogP contribution in [-0.2, 0) is 12.1 Å². The van der Waals surface area contributed by atoms with E-state index in [9.17, 15) is 5.11 Å². The first-order valence-electron chi connectivity index (χ1n) is 12.4. The molecule has 0 bridgehead atoms. The number of hydrazone groups is 1. The Labute approximate surface area is 213 Å². The third-order valence-electron chi connectivity index (χ3n) is 7.00. The van der Waals surface area contributed by atoms with Crippen LogP contribution in [0.3, 0.4) is 0 Å². The van der Waals surface area contributed by atoms with Crippen LogP contribution in [0, 0.1) is 6.92 Å². The van der Waals surface area contributed by atoms with Crippen molar-refractivity contribution in [2.75, 3.05) is 6.54 Å². The Morgan fingerprint density at radius 2 is 2.06 bits per heavy atom. The lowest BCUT2D eigenvalue weighted by molar-refractivity contribution is -0.0371. The zero-order valence-corrected chi connectivity index (χ0v) is 21.6. The maximum atomic E-state index is 16.1. The van der Waals surface area contributed by atoms with Gasteiger partial charge in [0.25, 0.3) is 0 Å². The highest BCUT2D eigenvalue weighted by Gasteiger charge is 2.54. The van der Waals surface area contributed by atoms with Gasteiger partial charge >= 0.3 is 0 Å². The Kier molecular flexibility index (Phi) is 7.27. The molecule has 36 heavy (non-hydrogen) atoms. The molecule has 1 aliphatic rings. The highest BCUT2D eigenvalue weighted by Crippen LogP contribution is 2.56. The predicted molar refractivity (Wildman–Crippen MR) is 146 cm³/mol. The average Bonchev–Trinajstić information content (AvgIpc) is 3.41. The number of aryl methyl sites for hydroxylation is 2. The molecule has 0 fully saturated rings. The number of nitrogens with one attached hydrogen (secondary N) is 1. The van der Waals surface area contributed by atoms with Gasteiger partial charge in [-0.3, -0.25) is 4.68 Å². The molecule has 3 aromatic rings. The van der Waals surface area contributed by atoms with Gasteiger partial charge in [0, 0.05) is 30.6 Å². The van der Waals surface area contributed by atoms with Crippen molar-refractivity contribution in [3.8, 4) is 22.3 Å². The molecule has 188 valence electrons. The van der Waals surface area contributed by atoms with Gasteiger partial charge in [0.1, 0.15) is 0 Å². The van der Waals surface area contributed by atoms with E-state index in [1.807, 2.05) is 54.3 Å². The van der Waals surface area contributed by atoms with E-state index in [-0.39, 0.29) is 0 Å². The standard InChI is InChI=1S/C30H35FN4O/c1-6-14-29(4,31)30(36)26-12-8-7-11-24(26)28-25(17-22(3)18-27(28)30)23-19-34-35(20-23)16-9-10-21(2)13-15-33-32-5/h6-8,11-14,17-20,33,36H,5,9-10,15-16H2,1-4H3/b14-6+,21-13+. The van der Waals surface area contributed by atoms with Crippen molar-refractivity contribution in [2.45, 2.75) is 58.4 Å². The number of alkyl halides is 1. The largest absolute Gasteiger partial charge is 0.377 e. The molecule has 0 saturated carbocycles. The fourth-order valence-electron chi connectivity index (χ4n) is 5.24. The van der Waals surface area contributed by atoms with E-state index in [4.69, 9.17) is 0 Å². The maximum Gasteiger partial charge on any atom is 0.163 e. The van der Waals surface area contributed by atoms with Crippen LogP contribution in [0.15, 0.2) is 77.7 Å². The van der Waals surface area contributed by atoms with Crippen molar-refractivity contribution in [3.63, 3.8) is 0 Å². The van der Waals surface area contributed by atoms with Crippen molar-refractivity contribution in [1.82, 2.24) is 15.2 Å². The zero-order valence-electron chi connectivity index (χ0n) is 21.6. The van der Waals surface area contributed by atoms with Crippen molar-refractivity contribution >= 4 is 6.72 Å². The molecule has 0 radical (unpaired) electrons. The summed E-state index contributed by atoms with van der Waals surface area (Å²) in [4.78, 5) is 0. The Balaban J connectivity index is 1.70. The summed E-state index contributed by atoms with van der Waals surface area (Å²) in [7, 11) is 0. The van der Waals surface area contributed by atoms with Gasteiger partial charge in [-0.2, -0.15) is 10.2 Å². The van der Waals surface area contributed by atoms with E-state index in [1.165, 1.54) is 18.6 Å². The summed E-state index contributed by atoms with van der Waals surface area (Å²) >= 11 is 0. The quantitative estimate of drug-likeness (QED) is 0.153. The predicted octanol–water partition coefficient (Wildman–Crippen LogP) is 6.31. The lowest BCUT2D eigenvalue weighted by Gasteiger charge is -2.36. The van der Waals surface area contributed by atoms with Gasteiger partial charge in [0.05, 0.1) is 12.7 Å². The van der Waals surface area contributed by atoms with Crippen LogP contribution in [0.1, 0.15) is 50.3 Å². The number of aliphatic hydroxyl groups is 1. The van der Waals surface area contributed by atoms with Crippen molar-refractivity contribution < 1.29 is 9.50 Å². The van der Waals surface area contributed by atoms with Crippen LogP contribution in [0.5, 0.6) is 0 Å². The molecule has 2 aromatic carbocycles. The summed E-state index contributed by atoms with van der Waals surface area (Å²) in [5.74, 6) is 0. The number of hydrogen-bond acceptors (Lipinski definition) is 4. The fourth-order valence-corrected chi connectivity index (χ4v) is 5.24. The first kappa shape index (κ1) is 25.6. The Bertz CT molecular complexity index is 1320. The first-order valence-corrected chi connectivity index (χ1v) is 12.4. The number of benzene rings is 2. The van der Waals surface area contributed by atoms with Crippen LogP contribution < -0.4 is 5.43 Å². The number of fused-ring (bicyclic) bond motifs is 3. The molecule has 1 heterocycles. The highest BCUT2D eigenvalue weighted by atomic mass is 19.1.